The third kappa shape index (κ3) is 2.56. The van der Waals surface area contributed by atoms with Crippen molar-refractivity contribution in [3.05, 3.63) is 36.0 Å². The average Bonchev–Trinajstić information content (AvgIpc) is 2.50. The van der Waals surface area contributed by atoms with Gasteiger partial charge in [-0.25, -0.2) is 0 Å². The minimum atomic E-state index is -0.0533. The molecule has 0 aromatic heterocycles. The van der Waals surface area contributed by atoms with Crippen molar-refractivity contribution in [3.63, 3.8) is 0 Å². The van der Waals surface area contributed by atoms with Crippen LogP contribution in [0.15, 0.2) is 36.0 Å². The maximum atomic E-state index is 12.2. The topological polar surface area (TPSA) is 34.1 Å². The van der Waals surface area contributed by atoms with Crippen molar-refractivity contribution in [2.75, 3.05) is 0 Å². The molecule has 0 heterocycles. The molecular weight excluding hydrogens is 284 g/mol. The van der Waals surface area contributed by atoms with E-state index in [4.69, 9.17) is 0 Å². The first-order chi connectivity index (χ1) is 10.8. The monoisotopic (exact) mass is 312 g/mol. The second-order valence-corrected chi connectivity index (χ2v) is 8.36. The molecule has 0 radical (unpaired) electrons. The van der Waals surface area contributed by atoms with E-state index in [0.717, 1.165) is 12.8 Å². The molecule has 4 atom stereocenters. The van der Waals surface area contributed by atoms with Gasteiger partial charge < -0.3 is 0 Å². The van der Waals surface area contributed by atoms with E-state index in [1.807, 2.05) is 0 Å². The van der Waals surface area contributed by atoms with E-state index in [2.05, 4.69) is 27.4 Å². The second-order valence-electron chi connectivity index (χ2n) is 8.36. The van der Waals surface area contributed by atoms with Gasteiger partial charge in [-0.1, -0.05) is 32.9 Å². The molecule has 0 saturated heterocycles. The molecule has 0 spiro atoms. The zero-order valence-electron chi connectivity index (χ0n) is 14.7. The van der Waals surface area contributed by atoms with Crippen LogP contribution in [-0.4, -0.2) is 11.6 Å². The number of rotatable bonds is 2. The van der Waals surface area contributed by atoms with E-state index in [1.54, 1.807) is 6.08 Å². The Kier molecular flexibility index (Phi) is 3.98. The molecule has 0 aromatic rings. The SMILES string of the molecule is C=C1CCC[C@H]2[C@](C)(CC3=CC(=O)C=CC3=O)[C@@H](C)CC[C@]12C. The number of carbonyl (C=O) groups excluding carboxylic acids is 2. The van der Waals surface area contributed by atoms with E-state index in [1.165, 1.54) is 43.4 Å². The molecule has 2 nitrogen and oxygen atoms in total. The number of ketones is 2. The van der Waals surface area contributed by atoms with E-state index in [9.17, 15) is 9.59 Å². The lowest BCUT2D eigenvalue weighted by molar-refractivity contribution is -0.115. The summed E-state index contributed by atoms with van der Waals surface area (Å²) in [4.78, 5) is 24.0. The summed E-state index contributed by atoms with van der Waals surface area (Å²) in [6.45, 7) is 11.4. The lowest BCUT2D eigenvalue weighted by Gasteiger charge is -2.59. The van der Waals surface area contributed by atoms with Crippen LogP contribution in [0.3, 0.4) is 0 Å². The predicted molar refractivity (Wildman–Crippen MR) is 92.9 cm³/mol. The number of hydrogen-bond donors (Lipinski definition) is 0. The van der Waals surface area contributed by atoms with Gasteiger partial charge in [-0.3, -0.25) is 9.59 Å². The van der Waals surface area contributed by atoms with Crippen LogP contribution < -0.4 is 0 Å². The highest BCUT2D eigenvalue weighted by Crippen LogP contribution is 2.63. The van der Waals surface area contributed by atoms with Crippen LogP contribution in [0.2, 0.25) is 0 Å². The quantitative estimate of drug-likeness (QED) is 0.541. The van der Waals surface area contributed by atoms with Gasteiger partial charge in [0.15, 0.2) is 11.6 Å². The largest absolute Gasteiger partial charge is 0.290 e. The molecule has 3 aliphatic rings. The van der Waals surface area contributed by atoms with Crippen molar-refractivity contribution in [1.29, 1.82) is 0 Å². The normalized spacial score (nSPS) is 40.8. The Hall–Kier alpha value is -1.44. The molecule has 0 bridgehead atoms. The molecule has 0 unspecified atom stereocenters. The smallest absolute Gasteiger partial charge is 0.182 e. The first-order valence-corrected chi connectivity index (χ1v) is 8.92. The van der Waals surface area contributed by atoms with Crippen molar-refractivity contribution < 1.29 is 9.59 Å². The highest BCUT2D eigenvalue weighted by Gasteiger charge is 2.54. The number of carbonyl (C=O) groups is 2. The van der Waals surface area contributed by atoms with Crippen molar-refractivity contribution >= 4 is 11.6 Å². The third-order valence-corrected chi connectivity index (χ3v) is 7.17. The van der Waals surface area contributed by atoms with Gasteiger partial charge >= 0.3 is 0 Å². The van der Waals surface area contributed by atoms with Crippen LogP contribution in [-0.2, 0) is 9.59 Å². The Morgan fingerprint density at radius 3 is 2.70 bits per heavy atom. The van der Waals surface area contributed by atoms with Gasteiger partial charge in [0, 0.05) is 5.57 Å². The minimum absolute atomic E-state index is 0.0138. The number of fused-ring (bicyclic) bond motifs is 1. The van der Waals surface area contributed by atoms with E-state index >= 15 is 0 Å². The van der Waals surface area contributed by atoms with E-state index in [-0.39, 0.29) is 22.4 Å². The van der Waals surface area contributed by atoms with Crippen LogP contribution in [0.4, 0.5) is 0 Å². The summed E-state index contributed by atoms with van der Waals surface area (Å²) in [7, 11) is 0. The van der Waals surface area contributed by atoms with Gasteiger partial charge in [0.1, 0.15) is 0 Å². The molecule has 23 heavy (non-hydrogen) atoms. The Balaban J connectivity index is 1.95. The Morgan fingerprint density at radius 1 is 1.22 bits per heavy atom. The van der Waals surface area contributed by atoms with Crippen molar-refractivity contribution in [3.8, 4) is 0 Å². The van der Waals surface area contributed by atoms with Gasteiger partial charge in [-0.15, -0.1) is 0 Å². The molecule has 2 fully saturated rings. The highest BCUT2D eigenvalue weighted by atomic mass is 16.1. The lowest BCUT2D eigenvalue weighted by Crippen LogP contribution is -2.50. The lowest BCUT2D eigenvalue weighted by atomic mass is 9.46. The second kappa shape index (κ2) is 5.58. The predicted octanol–water partition coefficient (Wildman–Crippen LogP) is 4.81. The van der Waals surface area contributed by atoms with Crippen LogP contribution in [0, 0.1) is 22.7 Å². The summed E-state index contributed by atoms with van der Waals surface area (Å²) in [5, 5.41) is 0. The zero-order chi connectivity index (χ0) is 16.8. The van der Waals surface area contributed by atoms with Gasteiger partial charge in [-0.2, -0.15) is 0 Å². The molecule has 2 saturated carbocycles. The number of allylic oxidation sites excluding steroid dienone is 5. The Labute approximate surface area is 139 Å². The summed E-state index contributed by atoms with van der Waals surface area (Å²) in [5.74, 6) is 1.07. The molecule has 0 aromatic carbocycles. The Morgan fingerprint density at radius 2 is 1.96 bits per heavy atom. The summed E-state index contributed by atoms with van der Waals surface area (Å²) in [6.07, 6.45) is 11.0. The maximum Gasteiger partial charge on any atom is 0.182 e. The highest BCUT2D eigenvalue weighted by molar-refractivity contribution is 6.17. The summed E-state index contributed by atoms with van der Waals surface area (Å²) >= 11 is 0. The maximum absolute atomic E-state index is 12.2. The van der Waals surface area contributed by atoms with Crippen molar-refractivity contribution in [2.45, 2.75) is 59.3 Å². The molecule has 3 rings (SSSR count). The van der Waals surface area contributed by atoms with Crippen LogP contribution in [0.25, 0.3) is 0 Å². The van der Waals surface area contributed by atoms with Crippen molar-refractivity contribution in [1.82, 2.24) is 0 Å². The van der Waals surface area contributed by atoms with E-state index < -0.39 is 0 Å². The van der Waals surface area contributed by atoms with Gasteiger partial charge in [-0.05, 0) is 79.4 Å². The average molecular weight is 312 g/mol. The van der Waals surface area contributed by atoms with Crippen LogP contribution in [0.5, 0.6) is 0 Å². The summed E-state index contributed by atoms with van der Waals surface area (Å²) < 4.78 is 0. The fourth-order valence-electron chi connectivity index (χ4n) is 5.37. The van der Waals surface area contributed by atoms with Crippen LogP contribution >= 0.6 is 0 Å². The fourth-order valence-corrected chi connectivity index (χ4v) is 5.37. The van der Waals surface area contributed by atoms with E-state index in [0.29, 0.717) is 17.4 Å². The molecule has 0 aliphatic heterocycles. The molecule has 2 heteroatoms. The standard InChI is InChI=1S/C21H28O2/c1-14-6-5-7-19-20(14,3)11-10-15(2)21(19,4)13-16-12-17(22)8-9-18(16)23/h8-9,12,15,19H,1,5-7,10-11,13H2,2-4H3/t15-,19+,20+,21+/m0/s1. The van der Waals surface area contributed by atoms with Crippen LogP contribution in [0.1, 0.15) is 59.3 Å². The first-order valence-electron chi connectivity index (χ1n) is 8.92. The summed E-state index contributed by atoms with van der Waals surface area (Å²) in [6, 6.07) is 0. The minimum Gasteiger partial charge on any atom is -0.290 e. The summed E-state index contributed by atoms with van der Waals surface area (Å²) in [5.41, 5.74) is 2.35. The molecule has 124 valence electrons. The van der Waals surface area contributed by atoms with Crippen molar-refractivity contribution in [2.24, 2.45) is 22.7 Å². The zero-order valence-corrected chi connectivity index (χ0v) is 14.7. The third-order valence-electron chi connectivity index (χ3n) is 7.17. The first kappa shape index (κ1) is 16.4. The molecule has 0 N–H and O–H groups in total. The fraction of sp³-hybridized carbons (Fsp3) is 0.619. The molecule has 3 aliphatic carbocycles. The van der Waals surface area contributed by atoms with Gasteiger partial charge in [0.2, 0.25) is 0 Å². The van der Waals surface area contributed by atoms with Gasteiger partial charge in [0.05, 0.1) is 0 Å². The number of hydrogen-bond acceptors (Lipinski definition) is 2. The Bertz CT molecular complexity index is 624. The van der Waals surface area contributed by atoms with Gasteiger partial charge in [0.25, 0.3) is 0 Å². The molecule has 0 amide bonds. The molecular formula is C21H28O2.